The molecule has 0 saturated carbocycles. The molecule has 1 aromatic carbocycles. The van der Waals surface area contributed by atoms with E-state index < -0.39 is 6.10 Å². The number of ether oxygens (including phenoxy) is 1. The molecular weight excluding hydrogens is 372 g/mol. The zero-order valence-electron chi connectivity index (χ0n) is 13.1. The summed E-state index contributed by atoms with van der Waals surface area (Å²) in [6.45, 7) is 2.20. The summed E-state index contributed by atoms with van der Waals surface area (Å²) < 4.78 is 8.50. The predicted molar refractivity (Wildman–Crippen MR) is 93.9 cm³/mol. The minimum absolute atomic E-state index is 0.160. The van der Waals surface area contributed by atoms with Gasteiger partial charge < -0.3 is 10.1 Å². The van der Waals surface area contributed by atoms with Crippen LogP contribution in [0.1, 0.15) is 12.7 Å². The smallest absolute Gasteiger partial charge is 0.260 e. The van der Waals surface area contributed by atoms with Gasteiger partial charge in [-0.2, -0.15) is 0 Å². The molecule has 1 N–H and O–H groups in total. The molecule has 0 bridgehead atoms. The number of carbonyl (C=O) groups excluding carboxylic acids is 1. The molecule has 7 heteroatoms. The first-order valence-corrected chi connectivity index (χ1v) is 8.41. The SMILES string of the molecule is CC(Oc1ccc(Br)cc1)C(=O)NCCc1nnc2ccccn12. The van der Waals surface area contributed by atoms with Gasteiger partial charge in [-0.15, -0.1) is 10.2 Å². The van der Waals surface area contributed by atoms with Gasteiger partial charge in [-0.1, -0.05) is 22.0 Å². The number of pyridine rings is 1. The van der Waals surface area contributed by atoms with Crippen molar-refractivity contribution in [1.82, 2.24) is 19.9 Å². The predicted octanol–water partition coefficient (Wildman–Crippen LogP) is 2.62. The van der Waals surface area contributed by atoms with Crippen LogP contribution in [0.2, 0.25) is 0 Å². The zero-order valence-corrected chi connectivity index (χ0v) is 14.7. The molecule has 1 atom stereocenters. The number of aromatic nitrogens is 3. The molecule has 2 aromatic heterocycles. The molecule has 0 aliphatic carbocycles. The van der Waals surface area contributed by atoms with Gasteiger partial charge in [-0.05, 0) is 43.3 Å². The van der Waals surface area contributed by atoms with Crippen LogP contribution in [-0.4, -0.2) is 33.2 Å². The summed E-state index contributed by atoms with van der Waals surface area (Å²) in [5.74, 6) is 1.31. The molecule has 6 nitrogen and oxygen atoms in total. The van der Waals surface area contributed by atoms with Crippen molar-refractivity contribution in [3.8, 4) is 5.75 Å². The topological polar surface area (TPSA) is 68.5 Å². The van der Waals surface area contributed by atoms with Crippen LogP contribution >= 0.6 is 15.9 Å². The Labute approximate surface area is 148 Å². The average molecular weight is 389 g/mol. The fourth-order valence-corrected chi connectivity index (χ4v) is 2.54. The Morgan fingerprint density at radius 3 is 2.83 bits per heavy atom. The number of rotatable bonds is 6. The highest BCUT2D eigenvalue weighted by Gasteiger charge is 2.14. The van der Waals surface area contributed by atoms with E-state index in [9.17, 15) is 4.79 Å². The molecular formula is C17H17BrN4O2. The van der Waals surface area contributed by atoms with Crippen LogP contribution < -0.4 is 10.1 Å². The molecule has 1 unspecified atom stereocenters. The molecule has 2 heterocycles. The maximum atomic E-state index is 12.1. The Morgan fingerprint density at radius 2 is 2.04 bits per heavy atom. The van der Waals surface area contributed by atoms with Gasteiger partial charge in [0.1, 0.15) is 11.6 Å². The van der Waals surface area contributed by atoms with Crippen molar-refractivity contribution < 1.29 is 9.53 Å². The van der Waals surface area contributed by atoms with E-state index in [-0.39, 0.29) is 5.91 Å². The van der Waals surface area contributed by atoms with Crippen LogP contribution in [0, 0.1) is 0 Å². The molecule has 1 amide bonds. The zero-order chi connectivity index (χ0) is 16.9. The van der Waals surface area contributed by atoms with Crippen LogP contribution in [0.5, 0.6) is 5.75 Å². The summed E-state index contributed by atoms with van der Waals surface area (Å²) in [7, 11) is 0. The van der Waals surface area contributed by atoms with E-state index in [1.54, 1.807) is 6.92 Å². The van der Waals surface area contributed by atoms with E-state index >= 15 is 0 Å². The maximum absolute atomic E-state index is 12.1. The molecule has 3 rings (SSSR count). The Morgan fingerprint density at radius 1 is 1.25 bits per heavy atom. The third kappa shape index (κ3) is 3.91. The van der Waals surface area contributed by atoms with Crippen molar-refractivity contribution in [2.24, 2.45) is 0 Å². The van der Waals surface area contributed by atoms with Crippen molar-refractivity contribution >= 4 is 27.5 Å². The minimum Gasteiger partial charge on any atom is -0.481 e. The van der Waals surface area contributed by atoms with E-state index in [1.807, 2.05) is 53.1 Å². The number of carbonyl (C=O) groups is 1. The Hall–Kier alpha value is -2.41. The van der Waals surface area contributed by atoms with Crippen molar-refractivity contribution in [1.29, 1.82) is 0 Å². The molecule has 0 saturated heterocycles. The Bertz CT molecular complexity index is 832. The number of hydrogen-bond donors (Lipinski definition) is 1. The second-order valence-electron chi connectivity index (χ2n) is 5.30. The molecule has 0 aliphatic rings. The summed E-state index contributed by atoms with van der Waals surface area (Å²) in [5.41, 5.74) is 0.797. The lowest BCUT2D eigenvalue weighted by Crippen LogP contribution is -2.37. The number of amides is 1. The molecule has 3 aromatic rings. The third-order valence-corrected chi connectivity index (χ3v) is 4.06. The lowest BCUT2D eigenvalue weighted by Gasteiger charge is -2.14. The van der Waals surface area contributed by atoms with Crippen LogP contribution in [0.15, 0.2) is 53.1 Å². The van der Waals surface area contributed by atoms with Crippen LogP contribution in [0.4, 0.5) is 0 Å². The lowest BCUT2D eigenvalue weighted by molar-refractivity contribution is -0.127. The normalized spacial score (nSPS) is 12.1. The Kier molecular flexibility index (Phi) is 5.10. The highest BCUT2D eigenvalue weighted by Crippen LogP contribution is 2.17. The summed E-state index contributed by atoms with van der Waals surface area (Å²) in [5, 5.41) is 11.1. The number of benzene rings is 1. The first-order chi connectivity index (χ1) is 11.6. The van der Waals surface area contributed by atoms with E-state index in [2.05, 4.69) is 31.4 Å². The van der Waals surface area contributed by atoms with Crippen molar-refractivity contribution in [3.05, 3.63) is 59.0 Å². The van der Waals surface area contributed by atoms with Crippen molar-refractivity contribution in [3.63, 3.8) is 0 Å². The minimum atomic E-state index is -0.568. The van der Waals surface area contributed by atoms with E-state index in [4.69, 9.17) is 4.74 Å². The quantitative estimate of drug-likeness (QED) is 0.704. The number of fused-ring (bicyclic) bond motifs is 1. The van der Waals surface area contributed by atoms with Gasteiger partial charge in [0.2, 0.25) is 0 Å². The molecule has 24 heavy (non-hydrogen) atoms. The fraction of sp³-hybridized carbons (Fsp3) is 0.235. The molecule has 0 aliphatic heterocycles. The monoisotopic (exact) mass is 388 g/mol. The molecule has 0 radical (unpaired) electrons. The number of nitrogens with zero attached hydrogens (tertiary/aromatic N) is 3. The lowest BCUT2D eigenvalue weighted by atomic mass is 10.3. The van der Waals surface area contributed by atoms with Gasteiger partial charge in [-0.25, -0.2) is 0 Å². The Balaban J connectivity index is 1.50. The largest absolute Gasteiger partial charge is 0.481 e. The first-order valence-electron chi connectivity index (χ1n) is 7.62. The van der Waals surface area contributed by atoms with E-state index in [0.717, 1.165) is 15.9 Å². The average Bonchev–Trinajstić information content (AvgIpc) is 3.00. The molecule has 0 spiro atoms. The number of halogens is 1. The summed E-state index contributed by atoms with van der Waals surface area (Å²) in [6.07, 6.45) is 1.94. The van der Waals surface area contributed by atoms with E-state index in [0.29, 0.717) is 18.7 Å². The highest BCUT2D eigenvalue weighted by atomic mass is 79.9. The first kappa shape index (κ1) is 16.4. The van der Waals surface area contributed by atoms with Crippen LogP contribution in [-0.2, 0) is 11.2 Å². The van der Waals surface area contributed by atoms with Gasteiger partial charge in [0.05, 0.1) is 0 Å². The van der Waals surface area contributed by atoms with Gasteiger partial charge in [-0.3, -0.25) is 9.20 Å². The van der Waals surface area contributed by atoms with Crippen molar-refractivity contribution in [2.45, 2.75) is 19.4 Å². The summed E-state index contributed by atoms with van der Waals surface area (Å²) in [6, 6.07) is 13.1. The van der Waals surface area contributed by atoms with Gasteiger partial charge >= 0.3 is 0 Å². The number of nitrogens with one attached hydrogen (secondary N) is 1. The van der Waals surface area contributed by atoms with Gasteiger partial charge in [0.15, 0.2) is 11.8 Å². The van der Waals surface area contributed by atoms with Crippen molar-refractivity contribution in [2.75, 3.05) is 6.54 Å². The van der Waals surface area contributed by atoms with E-state index in [1.165, 1.54) is 0 Å². The molecule has 0 fully saturated rings. The second-order valence-corrected chi connectivity index (χ2v) is 6.22. The fourth-order valence-electron chi connectivity index (χ4n) is 2.27. The highest BCUT2D eigenvalue weighted by molar-refractivity contribution is 9.10. The number of hydrogen-bond acceptors (Lipinski definition) is 4. The van der Waals surface area contributed by atoms with Gasteiger partial charge in [0, 0.05) is 23.6 Å². The third-order valence-electron chi connectivity index (χ3n) is 3.53. The molecule has 124 valence electrons. The van der Waals surface area contributed by atoms with Gasteiger partial charge in [0.25, 0.3) is 5.91 Å². The summed E-state index contributed by atoms with van der Waals surface area (Å²) in [4.78, 5) is 12.1. The van der Waals surface area contributed by atoms with Crippen LogP contribution in [0.3, 0.4) is 0 Å². The maximum Gasteiger partial charge on any atom is 0.260 e. The second kappa shape index (κ2) is 7.44. The standard InChI is InChI=1S/C17H17BrN4O2/c1-12(24-14-7-5-13(18)6-8-14)17(23)19-10-9-16-21-20-15-4-2-3-11-22(15)16/h2-8,11-12H,9-10H2,1H3,(H,19,23). The summed E-state index contributed by atoms with van der Waals surface area (Å²) >= 11 is 3.36. The van der Waals surface area contributed by atoms with Crippen LogP contribution in [0.25, 0.3) is 5.65 Å².